The molecule has 6 nitrogen and oxygen atoms in total. The van der Waals surface area contributed by atoms with Crippen molar-refractivity contribution in [2.75, 3.05) is 29.7 Å². The van der Waals surface area contributed by atoms with E-state index in [1.165, 1.54) is 12.1 Å². The molecule has 29 heavy (non-hydrogen) atoms. The molecule has 0 bridgehead atoms. The van der Waals surface area contributed by atoms with Crippen molar-refractivity contribution in [1.82, 2.24) is 9.88 Å². The third-order valence-corrected chi connectivity index (χ3v) is 7.05. The lowest BCUT2D eigenvalue weighted by Crippen LogP contribution is -2.44. The highest BCUT2D eigenvalue weighted by molar-refractivity contribution is 7.92. The number of rotatable bonds is 6. The van der Waals surface area contributed by atoms with Crippen molar-refractivity contribution in [2.24, 2.45) is 0 Å². The number of fused-ring (bicyclic) bond motifs is 1. The van der Waals surface area contributed by atoms with Gasteiger partial charge in [0.15, 0.2) is 0 Å². The van der Waals surface area contributed by atoms with Crippen molar-refractivity contribution in [3.8, 4) is 0 Å². The number of aromatic nitrogens is 1. The second-order valence-electron chi connectivity index (χ2n) is 7.49. The van der Waals surface area contributed by atoms with Crippen LogP contribution in [0.2, 0.25) is 0 Å². The fraction of sp³-hybridized carbons (Fsp3) is 0.421. The highest BCUT2D eigenvalue weighted by Crippen LogP contribution is 2.39. The van der Waals surface area contributed by atoms with Gasteiger partial charge < -0.3 is 5.32 Å². The monoisotopic (exact) mass is 426 g/mol. The van der Waals surface area contributed by atoms with Gasteiger partial charge in [-0.05, 0) is 57.0 Å². The molecule has 2 saturated heterocycles. The summed E-state index contributed by atoms with van der Waals surface area (Å²) in [5.41, 5.74) is -0.128. The molecule has 0 spiro atoms. The van der Waals surface area contributed by atoms with E-state index >= 15 is 0 Å². The van der Waals surface area contributed by atoms with E-state index in [0.717, 1.165) is 50.9 Å². The molecule has 156 valence electrons. The van der Waals surface area contributed by atoms with Gasteiger partial charge in [-0.25, -0.2) is 22.2 Å². The minimum Gasteiger partial charge on any atom is -0.381 e. The van der Waals surface area contributed by atoms with Crippen molar-refractivity contribution in [3.05, 3.63) is 47.9 Å². The molecular weight excluding hydrogens is 405 g/mol. The molecule has 2 N–H and O–H groups in total. The fourth-order valence-electron chi connectivity index (χ4n) is 4.30. The molecule has 2 aliphatic rings. The topological polar surface area (TPSA) is 74.3 Å². The maximum absolute atomic E-state index is 14.6. The Morgan fingerprint density at radius 2 is 1.79 bits per heavy atom. The quantitative estimate of drug-likeness (QED) is 0.693. The van der Waals surface area contributed by atoms with Crippen LogP contribution in [0, 0.1) is 17.6 Å². The molecule has 3 heterocycles. The van der Waals surface area contributed by atoms with E-state index in [4.69, 9.17) is 0 Å². The largest absolute Gasteiger partial charge is 0.381 e. The molecule has 0 atom stereocenters. The highest BCUT2D eigenvalue weighted by Gasteiger charge is 2.43. The van der Waals surface area contributed by atoms with Gasteiger partial charge in [0.2, 0.25) is 5.95 Å². The van der Waals surface area contributed by atoms with Gasteiger partial charge in [-0.3, -0.25) is 9.62 Å². The zero-order chi connectivity index (χ0) is 20.6. The molecule has 10 heteroatoms. The van der Waals surface area contributed by atoms with Crippen LogP contribution < -0.4 is 10.0 Å². The third kappa shape index (κ3) is 3.91. The van der Waals surface area contributed by atoms with E-state index < -0.39 is 32.5 Å². The lowest BCUT2D eigenvalue weighted by Gasteiger charge is -2.32. The fourth-order valence-corrected chi connectivity index (χ4v) is 5.37. The Hall–Kier alpha value is -2.33. The summed E-state index contributed by atoms with van der Waals surface area (Å²) in [5.74, 6) is -3.21. The minimum absolute atomic E-state index is 0.0434. The van der Waals surface area contributed by atoms with E-state index in [1.807, 2.05) is 4.72 Å². The maximum atomic E-state index is 14.6. The average molecular weight is 426 g/mol. The van der Waals surface area contributed by atoms with Crippen molar-refractivity contribution in [3.63, 3.8) is 0 Å². The summed E-state index contributed by atoms with van der Waals surface area (Å²) in [4.78, 5) is 4.88. The number of benzene rings is 1. The predicted molar refractivity (Wildman–Crippen MR) is 103 cm³/mol. The van der Waals surface area contributed by atoms with Gasteiger partial charge in [0.05, 0.1) is 5.69 Å². The summed E-state index contributed by atoms with van der Waals surface area (Å²) in [6.45, 7) is 2.49. The van der Waals surface area contributed by atoms with Crippen LogP contribution in [-0.4, -0.2) is 43.5 Å². The number of hydrogen-bond donors (Lipinski definition) is 2. The van der Waals surface area contributed by atoms with Crippen LogP contribution in [0.1, 0.15) is 25.7 Å². The molecule has 1 aromatic heterocycles. The van der Waals surface area contributed by atoms with E-state index in [1.54, 1.807) is 0 Å². The third-order valence-electron chi connectivity index (χ3n) is 5.68. The van der Waals surface area contributed by atoms with E-state index in [-0.39, 0.29) is 17.0 Å². The van der Waals surface area contributed by atoms with Crippen LogP contribution in [0.15, 0.2) is 35.2 Å². The zero-order valence-corrected chi connectivity index (χ0v) is 16.4. The Balaban J connectivity index is 1.53. The summed E-state index contributed by atoms with van der Waals surface area (Å²) < 4.78 is 69.0. The first-order chi connectivity index (χ1) is 13.8. The Morgan fingerprint density at radius 3 is 2.48 bits per heavy atom. The van der Waals surface area contributed by atoms with Gasteiger partial charge in [-0.2, -0.15) is 4.39 Å². The first-order valence-corrected chi connectivity index (χ1v) is 10.9. The maximum Gasteiger partial charge on any atom is 0.266 e. The van der Waals surface area contributed by atoms with Crippen LogP contribution in [0.4, 0.5) is 24.7 Å². The van der Waals surface area contributed by atoms with Crippen LogP contribution in [0.3, 0.4) is 0 Å². The number of nitrogens with one attached hydrogen (secondary N) is 2. The standard InChI is InChI=1S/C19H21F3N4O2S/c20-13-11-16(29(27,28)25-18-5-1-4-17(22)24-18)14(21)10-15(13)23-12-19-6-2-8-26(19)9-3-7-19/h1,4-5,10-11,23H,2-3,6-9,12H2,(H,24,25). The normalized spacial score (nSPS) is 18.6. The van der Waals surface area contributed by atoms with Crippen LogP contribution in [-0.2, 0) is 10.0 Å². The Kier molecular flexibility index (Phi) is 5.16. The van der Waals surface area contributed by atoms with Crippen LogP contribution >= 0.6 is 0 Å². The molecule has 0 amide bonds. The van der Waals surface area contributed by atoms with Gasteiger partial charge in [0.1, 0.15) is 22.3 Å². The summed E-state index contributed by atoms with van der Waals surface area (Å²) in [6.07, 6.45) is 4.16. The molecular formula is C19H21F3N4O2S. The van der Waals surface area contributed by atoms with Gasteiger partial charge in [-0.1, -0.05) is 6.07 Å². The molecule has 4 rings (SSSR count). The number of pyridine rings is 1. The van der Waals surface area contributed by atoms with Gasteiger partial charge in [0, 0.05) is 18.2 Å². The first kappa shape index (κ1) is 20.0. The lowest BCUT2D eigenvalue weighted by atomic mass is 9.94. The number of halogens is 3. The van der Waals surface area contributed by atoms with E-state index in [2.05, 4.69) is 15.2 Å². The Bertz CT molecular complexity index is 1020. The van der Waals surface area contributed by atoms with Gasteiger partial charge >= 0.3 is 0 Å². The molecule has 2 aliphatic heterocycles. The van der Waals surface area contributed by atoms with Crippen LogP contribution in [0.25, 0.3) is 0 Å². The minimum atomic E-state index is -4.48. The summed E-state index contributed by atoms with van der Waals surface area (Å²) >= 11 is 0. The SMILES string of the molecule is O=S(=O)(Nc1cccc(F)n1)c1cc(F)c(NCC23CCCN2CCC3)cc1F. The van der Waals surface area contributed by atoms with E-state index in [9.17, 15) is 21.6 Å². The van der Waals surface area contributed by atoms with Crippen molar-refractivity contribution in [1.29, 1.82) is 0 Å². The molecule has 2 aromatic rings. The average Bonchev–Trinajstić information content (AvgIpc) is 3.21. The summed E-state index contributed by atoms with van der Waals surface area (Å²) in [6, 6.07) is 4.96. The summed E-state index contributed by atoms with van der Waals surface area (Å²) in [5, 5.41) is 2.96. The lowest BCUT2D eigenvalue weighted by molar-refractivity contribution is 0.209. The van der Waals surface area contributed by atoms with Gasteiger partial charge in [0.25, 0.3) is 10.0 Å². The summed E-state index contributed by atoms with van der Waals surface area (Å²) in [7, 11) is -4.48. The second-order valence-corrected chi connectivity index (χ2v) is 9.14. The van der Waals surface area contributed by atoms with Crippen LogP contribution in [0.5, 0.6) is 0 Å². The van der Waals surface area contributed by atoms with Crippen molar-refractivity contribution < 1.29 is 21.6 Å². The number of nitrogens with zero attached hydrogens (tertiary/aromatic N) is 2. The Morgan fingerprint density at radius 1 is 1.07 bits per heavy atom. The van der Waals surface area contributed by atoms with Gasteiger partial charge in [-0.15, -0.1) is 0 Å². The molecule has 1 aromatic carbocycles. The first-order valence-electron chi connectivity index (χ1n) is 9.42. The molecule has 2 fully saturated rings. The number of sulfonamides is 1. The molecule has 0 unspecified atom stereocenters. The number of hydrogen-bond acceptors (Lipinski definition) is 5. The van der Waals surface area contributed by atoms with Crippen molar-refractivity contribution >= 4 is 21.5 Å². The zero-order valence-electron chi connectivity index (χ0n) is 15.6. The molecule has 0 aliphatic carbocycles. The predicted octanol–water partition coefficient (Wildman–Crippen LogP) is 3.34. The molecule has 0 radical (unpaired) electrons. The smallest absolute Gasteiger partial charge is 0.266 e. The Labute approximate surface area is 167 Å². The van der Waals surface area contributed by atoms with Crippen molar-refractivity contribution in [2.45, 2.75) is 36.1 Å². The molecule has 0 saturated carbocycles. The number of anilines is 2. The highest BCUT2D eigenvalue weighted by atomic mass is 32.2. The second kappa shape index (κ2) is 7.49. The van der Waals surface area contributed by atoms with E-state index in [0.29, 0.717) is 12.6 Å².